The van der Waals surface area contributed by atoms with Crippen LogP contribution >= 0.6 is 0 Å². The van der Waals surface area contributed by atoms with Crippen molar-refractivity contribution in [2.75, 3.05) is 43.5 Å². The number of nitrogens with zero attached hydrogens (tertiary/aromatic N) is 4. The van der Waals surface area contributed by atoms with E-state index in [1.807, 2.05) is 48.7 Å². The van der Waals surface area contributed by atoms with Crippen LogP contribution in [0.25, 0.3) is 10.9 Å². The summed E-state index contributed by atoms with van der Waals surface area (Å²) in [5.41, 5.74) is 2.70. The van der Waals surface area contributed by atoms with Gasteiger partial charge >= 0.3 is 0 Å². The average molecular weight is 567 g/mol. The summed E-state index contributed by atoms with van der Waals surface area (Å²) in [5.74, 6) is 3.38. The van der Waals surface area contributed by atoms with Crippen LogP contribution in [0.4, 0.5) is 23.1 Å². The molecule has 2 N–H and O–H groups in total. The molecule has 1 saturated heterocycles. The third-order valence-corrected chi connectivity index (χ3v) is 8.24. The fourth-order valence-corrected chi connectivity index (χ4v) is 5.94. The van der Waals surface area contributed by atoms with E-state index in [2.05, 4.69) is 42.6 Å². The molecule has 2 aromatic carbocycles. The number of pyridine rings is 1. The van der Waals surface area contributed by atoms with Gasteiger partial charge in [-0.1, -0.05) is 43.9 Å². The van der Waals surface area contributed by atoms with Crippen molar-refractivity contribution in [2.24, 2.45) is 5.92 Å². The molecule has 0 spiro atoms. The number of ether oxygens (including phenoxy) is 2. The summed E-state index contributed by atoms with van der Waals surface area (Å²) in [7, 11) is 0. The Kier molecular flexibility index (Phi) is 9.62. The van der Waals surface area contributed by atoms with Gasteiger partial charge in [-0.2, -0.15) is 4.98 Å². The van der Waals surface area contributed by atoms with Crippen LogP contribution in [-0.4, -0.2) is 52.7 Å². The average Bonchev–Trinajstić information content (AvgIpc) is 3.04. The topological polar surface area (TPSA) is 84.4 Å². The zero-order chi connectivity index (χ0) is 28.4. The standard InChI is InChI=1S/C34H42N6O2/c1-3-10-26(11-4-1)25-42-32-23-28(14-15-31(32)41-21-9-20-40-18-7-2-8-19-40)38-34-35-17-16-33(39-34)37-29-22-27-12-5-6-13-30(27)36-24-29/h5-6,12-17,22-24,26H,1-4,7-11,18-21,25H2,(H2,35,37,38,39). The molecule has 8 nitrogen and oxygen atoms in total. The molecule has 220 valence electrons. The molecule has 1 aliphatic heterocycles. The molecule has 0 bridgehead atoms. The van der Waals surface area contributed by atoms with Gasteiger partial charge in [-0.3, -0.25) is 4.98 Å². The zero-order valence-electron chi connectivity index (χ0n) is 24.4. The highest BCUT2D eigenvalue weighted by molar-refractivity contribution is 5.82. The number of fused-ring (bicyclic) bond motifs is 1. The molecule has 3 heterocycles. The fourth-order valence-electron chi connectivity index (χ4n) is 5.94. The second-order valence-corrected chi connectivity index (χ2v) is 11.5. The van der Waals surface area contributed by atoms with Gasteiger partial charge in [-0.15, -0.1) is 0 Å². The lowest BCUT2D eigenvalue weighted by Gasteiger charge is -2.26. The lowest BCUT2D eigenvalue weighted by molar-refractivity contribution is 0.188. The Morgan fingerprint density at radius 1 is 0.786 bits per heavy atom. The molecule has 1 aliphatic carbocycles. The third-order valence-electron chi connectivity index (χ3n) is 8.24. The fraction of sp³-hybridized carbons (Fsp3) is 0.441. The van der Waals surface area contributed by atoms with Gasteiger partial charge in [0.15, 0.2) is 11.5 Å². The molecular formula is C34H42N6O2. The van der Waals surface area contributed by atoms with Gasteiger partial charge in [-0.05, 0) is 81.4 Å². The summed E-state index contributed by atoms with van der Waals surface area (Å²) < 4.78 is 12.7. The highest BCUT2D eigenvalue weighted by Crippen LogP contribution is 2.33. The molecule has 42 heavy (non-hydrogen) atoms. The molecule has 4 aromatic rings. The number of benzene rings is 2. The summed E-state index contributed by atoms with van der Waals surface area (Å²) in [6.07, 6.45) is 15.0. The van der Waals surface area contributed by atoms with Crippen molar-refractivity contribution in [3.63, 3.8) is 0 Å². The highest BCUT2D eigenvalue weighted by Gasteiger charge is 2.16. The van der Waals surface area contributed by atoms with E-state index in [9.17, 15) is 0 Å². The Morgan fingerprint density at radius 2 is 1.64 bits per heavy atom. The summed E-state index contributed by atoms with van der Waals surface area (Å²) in [6, 6.07) is 18.0. The van der Waals surface area contributed by atoms with Gasteiger partial charge in [0.1, 0.15) is 5.82 Å². The van der Waals surface area contributed by atoms with Crippen LogP contribution in [0.15, 0.2) is 67.0 Å². The number of likely N-dealkylation sites (tertiary alicyclic amines) is 1. The second kappa shape index (κ2) is 14.3. The number of hydrogen-bond acceptors (Lipinski definition) is 8. The van der Waals surface area contributed by atoms with Crippen LogP contribution in [0.3, 0.4) is 0 Å². The first-order chi connectivity index (χ1) is 20.8. The Hall–Kier alpha value is -3.91. The normalized spacial score (nSPS) is 16.3. The van der Waals surface area contributed by atoms with Crippen molar-refractivity contribution in [1.29, 1.82) is 0 Å². The molecule has 2 fully saturated rings. The number of anilines is 4. The minimum Gasteiger partial charge on any atom is -0.490 e. The Balaban J connectivity index is 1.11. The van der Waals surface area contributed by atoms with E-state index in [1.54, 1.807) is 6.20 Å². The molecule has 1 saturated carbocycles. The monoisotopic (exact) mass is 566 g/mol. The maximum Gasteiger partial charge on any atom is 0.229 e. The van der Waals surface area contributed by atoms with Crippen LogP contribution in [0.5, 0.6) is 11.5 Å². The molecule has 0 amide bonds. The molecule has 0 atom stereocenters. The predicted molar refractivity (Wildman–Crippen MR) is 169 cm³/mol. The third kappa shape index (κ3) is 7.88. The molecule has 0 unspecified atom stereocenters. The largest absolute Gasteiger partial charge is 0.490 e. The molecule has 8 heteroatoms. The minimum absolute atomic E-state index is 0.502. The van der Waals surface area contributed by atoms with E-state index in [4.69, 9.17) is 9.47 Å². The summed E-state index contributed by atoms with van der Waals surface area (Å²) in [4.78, 5) is 16.2. The minimum atomic E-state index is 0.502. The number of nitrogens with one attached hydrogen (secondary N) is 2. The predicted octanol–water partition coefficient (Wildman–Crippen LogP) is 7.73. The summed E-state index contributed by atoms with van der Waals surface area (Å²) >= 11 is 0. The van der Waals surface area contributed by atoms with Gasteiger partial charge in [0.25, 0.3) is 0 Å². The lowest BCUT2D eigenvalue weighted by Crippen LogP contribution is -2.31. The maximum absolute atomic E-state index is 6.40. The Labute approximate surface area is 248 Å². The molecular weight excluding hydrogens is 524 g/mol. The van der Waals surface area contributed by atoms with Crippen LogP contribution in [-0.2, 0) is 0 Å². The van der Waals surface area contributed by atoms with E-state index in [0.717, 1.165) is 53.3 Å². The van der Waals surface area contributed by atoms with E-state index in [0.29, 0.717) is 24.3 Å². The van der Waals surface area contributed by atoms with Crippen LogP contribution in [0, 0.1) is 5.92 Å². The Morgan fingerprint density at radius 3 is 2.55 bits per heavy atom. The summed E-state index contributed by atoms with van der Waals surface area (Å²) in [6.45, 7) is 4.93. The molecule has 0 radical (unpaired) electrons. The van der Waals surface area contributed by atoms with Gasteiger partial charge in [0.2, 0.25) is 5.95 Å². The van der Waals surface area contributed by atoms with Crippen molar-refractivity contribution in [3.8, 4) is 11.5 Å². The van der Waals surface area contributed by atoms with Crippen molar-refractivity contribution in [3.05, 3.63) is 67.0 Å². The van der Waals surface area contributed by atoms with Gasteiger partial charge in [0, 0.05) is 29.9 Å². The second-order valence-electron chi connectivity index (χ2n) is 11.5. The van der Waals surface area contributed by atoms with Crippen LogP contribution in [0.1, 0.15) is 57.8 Å². The van der Waals surface area contributed by atoms with E-state index < -0.39 is 0 Å². The summed E-state index contributed by atoms with van der Waals surface area (Å²) in [5, 5.41) is 7.78. The van der Waals surface area contributed by atoms with Gasteiger partial charge in [0.05, 0.1) is 30.6 Å². The van der Waals surface area contributed by atoms with Gasteiger partial charge in [-0.25, -0.2) is 4.98 Å². The quantitative estimate of drug-likeness (QED) is 0.169. The maximum atomic E-state index is 6.40. The highest BCUT2D eigenvalue weighted by atomic mass is 16.5. The number of piperidine rings is 1. The van der Waals surface area contributed by atoms with Crippen molar-refractivity contribution in [2.45, 2.75) is 57.8 Å². The van der Waals surface area contributed by atoms with Crippen molar-refractivity contribution in [1.82, 2.24) is 19.9 Å². The molecule has 2 aliphatic rings. The SMILES string of the molecule is c1ccc2ncc(Nc3ccnc(Nc4ccc(OCCCN5CCCCC5)c(OCC5CCCCC5)c4)n3)cc2c1. The first kappa shape index (κ1) is 28.2. The number of rotatable bonds is 12. The van der Waals surface area contributed by atoms with Crippen LogP contribution < -0.4 is 20.1 Å². The Bertz CT molecular complexity index is 1430. The van der Waals surface area contributed by atoms with E-state index in [-0.39, 0.29) is 0 Å². The van der Waals surface area contributed by atoms with Gasteiger partial charge < -0.3 is 25.0 Å². The number of aromatic nitrogens is 3. The van der Waals surface area contributed by atoms with Crippen LogP contribution in [0.2, 0.25) is 0 Å². The molecule has 6 rings (SSSR count). The zero-order valence-corrected chi connectivity index (χ0v) is 24.4. The number of para-hydroxylation sites is 1. The van der Waals surface area contributed by atoms with E-state index in [1.165, 1.54) is 64.5 Å². The number of hydrogen-bond donors (Lipinski definition) is 2. The lowest BCUT2D eigenvalue weighted by atomic mass is 9.90. The van der Waals surface area contributed by atoms with E-state index >= 15 is 0 Å². The van der Waals surface area contributed by atoms with Crippen molar-refractivity contribution < 1.29 is 9.47 Å². The molecule has 2 aromatic heterocycles. The smallest absolute Gasteiger partial charge is 0.229 e. The first-order valence-electron chi connectivity index (χ1n) is 15.6. The first-order valence-corrected chi connectivity index (χ1v) is 15.6. The van der Waals surface area contributed by atoms with Crippen molar-refractivity contribution >= 4 is 34.0 Å².